The summed E-state index contributed by atoms with van der Waals surface area (Å²) in [6, 6.07) is 10.9. The van der Waals surface area contributed by atoms with Gasteiger partial charge in [0, 0.05) is 38.3 Å². The average molecular weight is 283 g/mol. The smallest absolute Gasteiger partial charge is 0.225 e. The third kappa shape index (κ3) is 4.28. The molecule has 1 aromatic rings. The van der Waals surface area contributed by atoms with Gasteiger partial charge in [0.1, 0.15) is 6.04 Å². The van der Waals surface area contributed by atoms with E-state index in [0.29, 0.717) is 30.8 Å². The first-order valence-corrected chi connectivity index (χ1v) is 6.87. The number of carbonyl (C=O) groups is 1. The highest BCUT2D eigenvalue weighted by molar-refractivity contribution is 5.90. The molecule has 1 heterocycles. The molecule has 0 aliphatic carbocycles. The first-order valence-electron chi connectivity index (χ1n) is 6.87. The van der Waals surface area contributed by atoms with Crippen LogP contribution in [0.4, 0.5) is 5.69 Å². The number of anilines is 1. The van der Waals surface area contributed by atoms with Crippen LogP contribution >= 0.6 is 0 Å². The van der Waals surface area contributed by atoms with Crippen molar-refractivity contribution in [3.05, 3.63) is 29.8 Å². The number of nitrogens with zero attached hydrogens (tertiary/aromatic N) is 3. The van der Waals surface area contributed by atoms with Gasteiger partial charge in [-0.25, -0.2) is 0 Å². The molecule has 1 aliphatic heterocycles. The van der Waals surface area contributed by atoms with E-state index in [0.717, 1.165) is 13.1 Å². The summed E-state index contributed by atoms with van der Waals surface area (Å²) < 4.78 is 0. The number of rotatable bonds is 4. The summed E-state index contributed by atoms with van der Waals surface area (Å²) in [4.78, 5) is 13.9. The van der Waals surface area contributed by atoms with Crippen molar-refractivity contribution in [1.82, 2.24) is 10.2 Å². The lowest BCUT2D eigenvalue weighted by atomic mass is 10.2. The summed E-state index contributed by atoms with van der Waals surface area (Å²) in [5, 5.41) is 23.7. The Morgan fingerprint density at radius 1 is 1.38 bits per heavy atom. The number of carbonyl (C=O) groups excluding carboxylic acids is 1. The molecule has 2 N–H and O–H groups in total. The van der Waals surface area contributed by atoms with E-state index in [2.05, 4.69) is 16.7 Å². The number of benzene rings is 1. The van der Waals surface area contributed by atoms with Gasteiger partial charge < -0.3 is 10.6 Å². The van der Waals surface area contributed by atoms with Crippen LogP contribution in [0.15, 0.2) is 24.3 Å². The fraction of sp³-hybridized carbons (Fsp3) is 0.400. The standard InChI is InChI=1S/C15H17N5O/c16-9-12-1-3-13(4-2-12)19-15(21)5-7-20-8-6-18-11-14(20)10-17/h1-4,14,18H,5-8,11H2,(H,19,21). The summed E-state index contributed by atoms with van der Waals surface area (Å²) in [5.74, 6) is -0.0880. The van der Waals surface area contributed by atoms with E-state index in [1.165, 1.54) is 0 Å². The van der Waals surface area contributed by atoms with Crippen LogP contribution in [-0.4, -0.2) is 43.0 Å². The Bertz CT molecular complexity index is 569. The number of hydrogen-bond acceptors (Lipinski definition) is 5. The Kier molecular flexibility index (Phi) is 5.28. The minimum atomic E-state index is -0.165. The molecular weight excluding hydrogens is 266 g/mol. The minimum absolute atomic E-state index is 0.0880. The zero-order valence-corrected chi connectivity index (χ0v) is 11.7. The van der Waals surface area contributed by atoms with Gasteiger partial charge in [-0.2, -0.15) is 10.5 Å². The first-order chi connectivity index (χ1) is 10.2. The minimum Gasteiger partial charge on any atom is -0.326 e. The van der Waals surface area contributed by atoms with Gasteiger partial charge in [0.15, 0.2) is 0 Å². The van der Waals surface area contributed by atoms with E-state index >= 15 is 0 Å². The van der Waals surface area contributed by atoms with Crippen LogP contribution in [0.2, 0.25) is 0 Å². The molecule has 1 saturated heterocycles. The Labute approximate surface area is 124 Å². The van der Waals surface area contributed by atoms with Crippen molar-refractivity contribution in [3.63, 3.8) is 0 Å². The Morgan fingerprint density at radius 3 is 2.81 bits per heavy atom. The van der Waals surface area contributed by atoms with Gasteiger partial charge in [0.2, 0.25) is 5.91 Å². The van der Waals surface area contributed by atoms with E-state index < -0.39 is 0 Å². The largest absolute Gasteiger partial charge is 0.326 e. The molecule has 1 atom stereocenters. The average Bonchev–Trinajstić information content (AvgIpc) is 2.54. The summed E-state index contributed by atoms with van der Waals surface area (Å²) in [7, 11) is 0. The molecule has 1 aliphatic rings. The van der Waals surface area contributed by atoms with Crippen LogP contribution < -0.4 is 10.6 Å². The third-order valence-corrected chi connectivity index (χ3v) is 3.43. The summed E-state index contributed by atoms with van der Waals surface area (Å²) in [5.41, 5.74) is 1.24. The second kappa shape index (κ2) is 7.39. The molecule has 6 heteroatoms. The zero-order chi connectivity index (χ0) is 15.1. The van der Waals surface area contributed by atoms with Gasteiger partial charge in [-0.15, -0.1) is 0 Å². The maximum atomic E-state index is 11.9. The molecule has 0 aromatic heterocycles. The topological polar surface area (TPSA) is 91.9 Å². The zero-order valence-electron chi connectivity index (χ0n) is 11.7. The molecule has 0 radical (unpaired) electrons. The fourth-order valence-corrected chi connectivity index (χ4v) is 2.24. The predicted molar refractivity (Wildman–Crippen MR) is 78.2 cm³/mol. The Balaban J connectivity index is 1.81. The molecule has 0 bridgehead atoms. The quantitative estimate of drug-likeness (QED) is 0.848. The van der Waals surface area contributed by atoms with Crippen LogP contribution in [-0.2, 0) is 4.79 Å². The highest BCUT2D eigenvalue weighted by Crippen LogP contribution is 2.10. The lowest BCUT2D eigenvalue weighted by Gasteiger charge is -2.31. The third-order valence-electron chi connectivity index (χ3n) is 3.43. The van der Waals surface area contributed by atoms with Crippen molar-refractivity contribution in [2.75, 3.05) is 31.5 Å². The number of hydrogen-bond donors (Lipinski definition) is 2. The van der Waals surface area contributed by atoms with Gasteiger partial charge in [0.25, 0.3) is 0 Å². The monoisotopic (exact) mass is 283 g/mol. The van der Waals surface area contributed by atoms with E-state index in [1.807, 2.05) is 11.0 Å². The molecule has 6 nitrogen and oxygen atoms in total. The molecule has 1 unspecified atom stereocenters. The van der Waals surface area contributed by atoms with Crippen molar-refractivity contribution in [1.29, 1.82) is 10.5 Å². The summed E-state index contributed by atoms with van der Waals surface area (Å²) in [6.07, 6.45) is 0.345. The van der Waals surface area contributed by atoms with Crippen LogP contribution in [0.25, 0.3) is 0 Å². The number of amides is 1. The van der Waals surface area contributed by atoms with Crippen molar-refractivity contribution in [2.45, 2.75) is 12.5 Å². The van der Waals surface area contributed by atoms with Gasteiger partial charge >= 0.3 is 0 Å². The van der Waals surface area contributed by atoms with Gasteiger partial charge in [-0.1, -0.05) is 0 Å². The number of piperazine rings is 1. The van der Waals surface area contributed by atoms with Crippen LogP contribution in [0, 0.1) is 22.7 Å². The summed E-state index contributed by atoms with van der Waals surface area (Å²) in [6.45, 7) is 2.84. The molecule has 21 heavy (non-hydrogen) atoms. The Hall–Kier alpha value is -2.41. The van der Waals surface area contributed by atoms with Gasteiger partial charge in [0.05, 0.1) is 17.7 Å². The molecule has 1 amide bonds. The van der Waals surface area contributed by atoms with E-state index in [9.17, 15) is 4.79 Å². The first kappa shape index (κ1) is 15.0. The second-order valence-electron chi connectivity index (χ2n) is 4.87. The van der Waals surface area contributed by atoms with E-state index in [-0.39, 0.29) is 11.9 Å². The van der Waals surface area contributed by atoms with Crippen molar-refractivity contribution < 1.29 is 4.79 Å². The van der Waals surface area contributed by atoms with Crippen molar-refractivity contribution >= 4 is 11.6 Å². The highest BCUT2D eigenvalue weighted by atomic mass is 16.1. The van der Waals surface area contributed by atoms with Crippen molar-refractivity contribution in [3.8, 4) is 12.1 Å². The second-order valence-corrected chi connectivity index (χ2v) is 4.87. The van der Waals surface area contributed by atoms with Crippen LogP contribution in [0.3, 0.4) is 0 Å². The van der Waals surface area contributed by atoms with Crippen molar-refractivity contribution in [2.24, 2.45) is 0 Å². The molecule has 2 rings (SSSR count). The molecule has 0 spiro atoms. The van der Waals surface area contributed by atoms with Crippen LogP contribution in [0.5, 0.6) is 0 Å². The molecule has 1 fully saturated rings. The lowest BCUT2D eigenvalue weighted by Crippen LogP contribution is -2.51. The maximum Gasteiger partial charge on any atom is 0.225 e. The van der Waals surface area contributed by atoms with E-state index in [4.69, 9.17) is 10.5 Å². The SMILES string of the molecule is N#Cc1ccc(NC(=O)CCN2CCNCC2C#N)cc1. The number of nitrogens with one attached hydrogen (secondary N) is 2. The normalized spacial score (nSPS) is 18.5. The molecule has 1 aromatic carbocycles. The van der Waals surface area contributed by atoms with Crippen LogP contribution in [0.1, 0.15) is 12.0 Å². The van der Waals surface area contributed by atoms with Gasteiger partial charge in [-0.05, 0) is 24.3 Å². The highest BCUT2D eigenvalue weighted by Gasteiger charge is 2.21. The maximum absolute atomic E-state index is 11.9. The Morgan fingerprint density at radius 2 is 2.14 bits per heavy atom. The van der Waals surface area contributed by atoms with Gasteiger partial charge in [-0.3, -0.25) is 9.69 Å². The molecular formula is C15H17N5O. The molecule has 0 saturated carbocycles. The summed E-state index contributed by atoms with van der Waals surface area (Å²) >= 11 is 0. The van der Waals surface area contributed by atoms with E-state index in [1.54, 1.807) is 24.3 Å². The predicted octanol–water partition coefficient (Wildman–Crippen LogP) is 0.684. The lowest BCUT2D eigenvalue weighted by molar-refractivity contribution is -0.116. The number of nitriles is 2. The fourth-order valence-electron chi connectivity index (χ4n) is 2.24. The molecule has 108 valence electrons.